The standard InChI is InChI=1S/C13H13BrN2O/c14-8-6-11-12(15-7-8)13(17)9-4-2-1-3-5-10(9)16-11/h6-7,12H,1-5H2/t12-/m0/s1. The maximum Gasteiger partial charge on any atom is 0.191 e. The number of halogens is 1. The molecule has 0 amide bonds. The summed E-state index contributed by atoms with van der Waals surface area (Å²) in [4.78, 5) is 21.3. The highest BCUT2D eigenvalue weighted by atomic mass is 79.9. The van der Waals surface area contributed by atoms with Crippen molar-refractivity contribution in [3.63, 3.8) is 0 Å². The highest BCUT2D eigenvalue weighted by molar-refractivity contribution is 9.12. The normalized spacial score (nSPS) is 28.1. The molecule has 88 valence electrons. The highest BCUT2D eigenvalue weighted by Crippen LogP contribution is 2.31. The lowest BCUT2D eigenvalue weighted by atomic mass is 9.92. The molecule has 3 aliphatic rings. The van der Waals surface area contributed by atoms with Crippen LogP contribution in [0.2, 0.25) is 0 Å². The van der Waals surface area contributed by atoms with Gasteiger partial charge in [-0.15, -0.1) is 0 Å². The molecule has 0 saturated carbocycles. The van der Waals surface area contributed by atoms with Gasteiger partial charge in [0, 0.05) is 22.0 Å². The second kappa shape index (κ2) is 4.33. The quantitative estimate of drug-likeness (QED) is 0.677. The van der Waals surface area contributed by atoms with Crippen LogP contribution in [0, 0.1) is 0 Å². The van der Waals surface area contributed by atoms with Crippen molar-refractivity contribution in [2.45, 2.75) is 38.1 Å². The van der Waals surface area contributed by atoms with Crippen LogP contribution >= 0.6 is 15.9 Å². The summed E-state index contributed by atoms with van der Waals surface area (Å²) >= 11 is 3.38. The van der Waals surface area contributed by atoms with Crippen molar-refractivity contribution in [3.05, 3.63) is 21.8 Å². The van der Waals surface area contributed by atoms with Gasteiger partial charge in [0.05, 0.1) is 5.71 Å². The van der Waals surface area contributed by atoms with Crippen molar-refractivity contribution in [2.75, 3.05) is 0 Å². The van der Waals surface area contributed by atoms with Crippen molar-refractivity contribution in [1.82, 2.24) is 0 Å². The van der Waals surface area contributed by atoms with Crippen LogP contribution in [0.15, 0.2) is 31.8 Å². The van der Waals surface area contributed by atoms with Gasteiger partial charge in [0.25, 0.3) is 0 Å². The Morgan fingerprint density at radius 3 is 2.94 bits per heavy atom. The molecule has 0 radical (unpaired) electrons. The Bertz CT molecular complexity index is 500. The average molecular weight is 293 g/mol. The number of carbonyl (C=O) groups is 1. The lowest BCUT2D eigenvalue weighted by molar-refractivity contribution is -0.115. The van der Waals surface area contributed by atoms with Gasteiger partial charge in [-0.25, -0.2) is 0 Å². The van der Waals surface area contributed by atoms with Crippen LogP contribution in [0.4, 0.5) is 0 Å². The average Bonchev–Trinajstić information content (AvgIpc) is 2.54. The Morgan fingerprint density at radius 1 is 1.24 bits per heavy atom. The van der Waals surface area contributed by atoms with Crippen LogP contribution in [0.5, 0.6) is 0 Å². The Labute approximate surface area is 109 Å². The molecule has 4 heteroatoms. The lowest BCUT2D eigenvalue weighted by Gasteiger charge is -2.23. The number of fused-ring (bicyclic) bond motifs is 1. The molecule has 0 spiro atoms. The van der Waals surface area contributed by atoms with E-state index >= 15 is 0 Å². The maximum atomic E-state index is 12.4. The van der Waals surface area contributed by atoms with Gasteiger partial charge in [-0.2, -0.15) is 0 Å². The minimum absolute atomic E-state index is 0.166. The number of hydrogen-bond acceptors (Lipinski definition) is 3. The first-order chi connectivity index (χ1) is 8.25. The SMILES string of the molecule is O=C1C2=C(CCCCC2)N=C2C=C(Br)C=N[C@H]12. The van der Waals surface area contributed by atoms with Gasteiger partial charge < -0.3 is 0 Å². The summed E-state index contributed by atoms with van der Waals surface area (Å²) in [5.74, 6) is 0.166. The van der Waals surface area contributed by atoms with E-state index in [0.717, 1.165) is 47.1 Å². The molecule has 1 aliphatic carbocycles. The number of aliphatic imine (C=N–C) groups is 2. The van der Waals surface area contributed by atoms with Crippen LogP contribution in [0.25, 0.3) is 0 Å². The zero-order valence-electron chi connectivity index (χ0n) is 9.45. The van der Waals surface area contributed by atoms with E-state index in [2.05, 4.69) is 25.9 Å². The fourth-order valence-electron chi connectivity index (χ4n) is 2.55. The van der Waals surface area contributed by atoms with Crippen molar-refractivity contribution in [3.8, 4) is 0 Å². The predicted octanol–water partition coefficient (Wildman–Crippen LogP) is 2.96. The smallest absolute Gasteiger partial charge is 0.191 e. The Hall–Kier alpha value is -1.03. The fourth-order valence-corrected chi connectivity index (χ4v) is 2.90. The van der Waals surface area contributed by atoms with Crippen LogP contribution < -0.4 is 0 Å². The summed E-state index contributed by atoms with van der Waals surface area (Å²) in [6, 6.07) is -0.381. The van der Waals surface area contributed by atoms with E-state index in [1.165, 1.54) is 6.42 Å². The molecule has 0 fully saturated rings. The molecule has 3 nitrogen and oxygen atoms in total. The van der Waals surface area contributed by atoms with Crippen LogP contribution in [0.1, 0.15) is 32.1 Å². The Kier molecular flexibility index (Phi) is 2.82. The van der Waals surface area contributed by atoms with E-state index in [0.29, 0.717) is 0 Å². The zero-order chi connectivity index (χ0) is 11.8. The number of nitrogens with zero attached hydrogens (tertiary/aromatic N) is 2. The fraction of sp³-hybridized carbons (Fsp3) is 0.462. The summed E-state index contributed by atoms with van der Waals surface area (Å²) in [6.07, 6.45) is 8.86. The van der Waals surface area contributed by atoms with E-state index in [1.54, 1.807) is 6.21 Å². The maximum absolute atomic E-state index is 12.4. The van der Waals surface area contributed by atoms with Gasteiger partial charge in [-0.05, 0) is 47.7 Å². The van der Waals surface area contributed by atoms with Crippen LogP contribution in [-0.4, -0.2) is 23.8 Å². The number of dihydropyridines is 1. The van der Waals surface area contributed by atoms with Gasteiger partial charge in [0.1, 0.15) is 0 Å². The number of allylic oxidation sites excluding steroid dienone is 2. The van der Waals surface area contributed by atoms with Gasteiger partial charge >= 0.3 is 0 Å². The third-order valence-electron chi connectivity index (χ3n) is 3.41. The summed E-state index contributed by atoms with van der Waals surface area (Å²) in [7, 11) is 0. The van der Waals surface area contributed by atoms with E-state index in [9.17, 15) is 4.79 Å². The van der Waals surface area contributed by atoms with Crippen molar-refractivity contribution in [2.24, 2.45) is 9.98 Å². The van der Waals surface area contributed by atoms with E-state index in [4.69, 9.17) is 0 Å². The highest BCUT2D eigenvalue weighted by Gasteiger charge is 2.33. The summed E-state index contributed by atoms with van der Waals surface area (Å²) in [6.45, 7) is 0. The molecule has 0 aromatic rings. The van der Waals surface area contributed by atoms with Crippen molar-refractivity contribution >= 4 is 33.6 Å². The second-order valence-corrected chi connectivity index (χ2v) is 5.51. The van der Waals surface area contributed by atoms with Crippen LogP contribution in [-0.2, 0) is 4.79 Å². The first-order valence-electron chi connectivity index (χ1n) is 6.01. The number of carbonyl (C=O) groups excluding carboxylic acids is 1. The second-order valence-electron chi connectivity index (χ2n) is 4.60. The van der Waals surface area contributed by atoms with Gasteiger partial charge in [-0.3, -0.25) is 14.8 Å². The molecule has 2 heterocycles. The molecule has 0 saturated heterocycles. The number of ketones is 1. The topological polar surface area (TPSA) is 41.8 Å². The summed E-state index contributed by atoms with van der Waals surface area (Å²) < 4.78 is 0.887. The van der Waals surface area contributed by atoms with E-state index in [1.807, 2.05) is 6.08 Å². The molecule has 3 rings (SSSR count). The minimum Gasteiger partial charge on any atom is -0.292 e. The third kappa shape index (κ3) is 1.95. The summed E-state index contributed by atoms with van der Waals surface area (Å²) in [5, 5.41) is 0. The molecular weight excluding hydrogens is 280 g/mol. The van der Waals surface area contributed by atoms with E-state index in [-0.39, 0.29) is 11.8 Å². The monoisotopic (exact) mass is 292 g/mol. The number of Topliss-reactive ketones (excluding diaryl/α,β-unsaturated/α-hetero) is 1. The summed E-state index contributed by atoms with van der Waals surface area (Å²) in [5.41, 5.74) is 2.73. The molecule has 0 unspecified atom stereocenters. The van der Waals surface area contributed by atoms with Gasteiger partial charge in [0.2, 0.25) is 0 Å². The number of rotatable bonds is 0. The molecule has 17 heavy (non-hydrogen) atoms. The lowest BCUT2D eigenvalue weighted by Crippen LogP contribution is -2.34. The molecule has 0 N–H and O–H groups in total. The Balaban J connectivity index is 2.05. The van der Waals surface area contributed by atoms with Crippen LogP contribution in [0.3, 0.4) is 0 Å². The molecule has 0 bridgehead atoms. The molecule has 2 aliphatic heterocycles. The van der Waals surface area contributed by atoms with Crippen molar-refractivity contribution < 1.29 is 4.79 Å². The van der Waals surface area contributed by atoms with Gasteiger partial charge in [0.15, 0.2) is 11.8 Å². The zero-order valence-corrected chi connectivity index (χ0v) is 11.0. The first-order valence-corrected chi connectivity index (χ1v) is 6.80. The predicted molar refractivity (Wildman–Crippen MR) is 71.8 cm³/mol. The largest absolute Gasteiger partial charge is 0.292 e. The molecule has 1 atom stereocenters. The van der Waals surface area contributed by atoms with Gasteiger partial charge in [-0.1, -0.05) is 6.42 Å². The number of hydrogen-bond donors (Lipinski definition) is 0. The molecule has 0 aromatic heterocycles. The Morgan fingerprint density at radius 2 is 2.06 bits per heavy atom. The van der Waals surface area contributed by atoms with E-state index < -0.39 is 0 Å². The minimum atomic E-state index is -0.381. The van der Waals surface area contributed by atoms with Crippen molar-refractivity contribution in [1.29, 1.82) is 0 Å². The third-order valence-corrected chi connectivity index (χ3v) is 3.85. The molecular formula is C13H13BrN2O. The molecule has 0 aromatic carbocycles. The first kappa shape index (κ1) is 11.1.